The molecule has 0 radical (unpaired) electrons. The third-order valence-electron chi connectivity index (χ3n) is 5.69. The lowest BCUT2D eigenvalue weighted by molar-refractivity contribution is 0.112. The molecule has 1 atom stereocenters. The Bertz CT molecular complexity index is 1370. The number of rotatable bonds is 8. The SMILES string of the molecule is CN(CC(O)c1cccc(O)c1)C(=O)Oc1cnc(N(C)Cc2ccccc2)nc1-c1ccccc1Br. The number of aliphatic hydroxyl groups excluding tert-OH is 1. The number of carbonyl (C=O) groups is 1. The number of amides is 1. The van der Waals surface area contributed by atoms with Gasteiger partial charge in [0.05, 0.1) is 18.8 Å². The fourth-order valence-electron chi connectivity index (χ4n) is 3.74. The summed E-state index contributed by atoms with van der Waals surface area (Å²) in [6.07, 6.45) is -0.199. The van der Waals surface area contributed by atoms with E-state index in [1.54, 1.807) is 12.1 Å². The average molecular weight is 563 g/mol. The Morgan fingerprint density at radius 2 is 1.76 bits per heavy atom. The van der Waals surface area contributed by atoms with Crippen LogP contribution in [0, 0.1) is 0 Å². The molecule has 1 unspecified atom stereocenters. The molecule has 1 heterocycles. The van der Waals surface area contributed by atoms with Crippen molar-refractivity contribution in [3.63, 3.8) is 0 Å². The Labute approximate surface area is 223 Å². The van der Waals surface area contributed by atoms with Gasteiger partial charge < -0.3 is 24.7 Å². The molecule has 37 heavy (non-hydrogen) atoms. The van der Waals surface area contributed by atoms with Gasteiger partial charge in [0.25, 0.3) is 0 Å². The van der Waals surface area contributed by atoms with E-state index in [0.29, 0.717) is 23.8 Å². The van der Waals surface area contributed by atoms with Crippen molar-refractivity contribution in [3.05, 3.63) is 101 Å². The number of ether oxygens (including phenoxy) is 1. The molecule has 190 valence electrons. The normalized spacial score (nSPS) is 11.6. The van der Waals surface area contributed by atoms with Crippen LogP contribution in [0.4, 0.5) is 10.7 Å². The second-order valence-electron chi connectivity index (χ2n) is 8.56. The fraction of sp³-hybridized carbons (Fsp3) is 0.179. The smallest absolute Gasteiger partial charge is 0.415 e. The van der Waals surface area contributed by atoms with Crippen molar-refractivity contribution in [2.45, 2.75) is 12.6 Å². The van der Waals surface area contributed by atoms with Crippen molar-refractivity contribution in [3.8, 4) is 22.8 Å². The summed E-state index contributed by atoms with van der Waals surface area (Å²) in [4.78, 5) is 25.3. The third-order valence-corrected chi connectivity index (χ3v) is 6.38. The highest BCUT2D eigenvalue weighted by Gasteiger charge is 2.22. The molecule has 4 aromatic rings. The van der Waals surface area contributed by atoms with E-state index < -0.39 is 12.2 Å². The molecular weight excluding hydrogens is 536 g/mol. The van der Waals surface area contributed by atoms with Crippen LogP contribution in [-0.4, -0.2) is 51.8 Å². The lowest BCUT2D eigenvalue weighted by Gasteiger charge is -2.22. The van der Waals surface area contributed by atoms with Gasteiger partial charge in [-0.15, -0.1) is 0 Å². The largest absolute Gasteiger partial charge is 0.508 e. The highest BCUT2D eigenvalue weighted by molar-refractivity contribution is 9.10. The molecule has 0 aliphatic rings. The first-order chi connectivity index (χ1) is 17.8. The van der Waals surface area contributed by atoms with Gasteiger partial charge in [0.1, 0.15) is 11.4 Å². The standard InChI is InChI=1S/C28H27BrN4O4/c1-32(17-19-9-4-3-5-10-19)27-30-16-25(26(31-27)22-13-6-7-14-23(22)29)37-28(36)33(2)18-24(35)20-11-8-12-21(34)15-20/h3-16,24,34-35H,17-18H2,1-2H3. The van der Waals surface area contributed by atoms with E-state index in [4.69, 9.17) is 9.72 Å². The molecule has 0 aliphatic carbocycles. The molecule has 0 aliphatic heterocycles. The molecule has 1 amide bonds. The Morgan fingerprint density at radius 1 is 1.03 bits per heavy atom. The molecule has 1 aromatic heterocycles. The summed E-state index contributed by atoms with van der Waals surface area (Å²) in [7, 11) is 3.42. The number of anilines is 1. The van der Waals surface area contributed by atoms with Crippen LogP contribution in [0.15, 0.2) is 89.5 Å². The fourth-order valence-corrected chi connectivity index (χ4v) is 4.21. The van der Waals surface area contributed by atoms with Crippen LogP contribution in [-0.2, 0) is 6.54 Å². The van der Waals surface area contributed by atoms with Crippen LogP contribution >= 0.6 is 15.9 Å². The molecule has 0 spiro atoms. The minimum absolute atomic E-state index is 0.0363. The molecule has 0 saturated heterocycles. The van der Waals surface area contributed by atoms with Crippen LogP contribution in [0.5, 0.6) is 11.5 Å². The van der Waals surface area contributed by atoms with Crippen molar-refractivity contribution in [1.82, 2.24) is 14.9 Å². The van der Waals surface area contributed by atoms with Gasteiger partial charge in [-0.3, -0.25) is 0 Å². The number of phenols is 1. The van der Waals surface area contributed by atoms with Crippen molar-refractivity contribution in [1.29, 1.82) is 0 Å². The van der Waals surface area contributed by atoms with Gasteiger partial charge in [0, 0.05) is 30.7 Å². The number of hydrogen-bond acceptors (Lipinski definition) is 7. The van der Waals surface area contributed by atoms with Gasteiger partial charge in [-0.1, -0.05) is 76.6 Å². The molecule has 8 nitrogen and oxygen atoms in total. The summed E-state index contributed by atoms with van der Waals surface area (Å²) < 4.78 is 6.48. The zero-order valence-corrected chi connectivity index (χ0v) is 22.0. The maximum absolute atomic E-state index is 12.9. The van der Waals surface area contributed by atoms with Crippen LogP contribution in [0.3, 0.4) is 0 Å². The van der Waals surface area contributed by atoms with Crippen LogP contribution < -0.4 is 9.64 Å². The minimum atomic E-state index is -1.00. The number of nitrogens with zero attached hydrogens (tertiary/aromatic N) is 4. The zero-order chi connectivity index (χ0) is 26.4. The number of benzene rings is 3. The average Bonchev–Trinajstić information content (AvgIpc) is 2.89. The molecule has 9 heteroatoms. The summed E-state index contributed by atoms with van der Waals surface area (Å²) in [6, 6.07) is 23.8. The predicted octanol–water partition coefficient (Wildman–Crippen LogP) is 5.41. The van der Waals surface area contributed by atoms with Gasteiger partial charge in [-0.25, -0.2) is 14.8 Å². The summed E-state index contributed by atoms with van der Waals surface area (Å²) in [5.74, 6) is 0.698. The minimum Gasteiger partial charge on any atom is -0.508 e. The lowest BCUT2D eigenvalue weighted by atomic mass is 10.1. The highest BCUT2D eigenvalue weighted by atomic mass is 79.9. The molecule has 0 fully saturated rings. The summed E-state index contributed by atoms with van der Waals surface area (Å²) in [6.45, 7) is 0.566. The van der Waals surface area contributed by atoms with E-state index in [1.165, 1.54) is 30.3 Å². The number of carbonyl (C=O) groups excluding carboxylic acids is 1. The maximum Gasteiger partial charge on any atom is 0.415 e. The van der Waals surface area contributed by atoms with E-state index in [2.05, 4.69) is 20.9 Å². The first-order valence-corrected chi connectivity index (χ1v) is 12.4. The predicted molar refractivity (Wildman–Crippen MR) is 145 cm³/mol. The molecule has 4 rings (SSSR count). The number of aromatic nitrogens is 2. The number of phenolic OH excluding ortho intramolecular Hbond substituents is 1. The van der Waals surface area contributed by atoms with Gasteiger partial charge in [0.15, 0.2) is 5.75 Å². The van der Waals surface area contributed by atoms with Gasteiger partial charge >= 0.3 is 6.09 Å². The number of hydrogen-bond donors (Lipinski definition) is 2. The van der Waals surface area contributed by atoms with E-state index in [0.717, 1.165) is 15.6 Å². The maximum atomic E-state index is 12.9. The zero-order valence-electron chi connectivity index (χ0n) is 20.5. The third kappa shape index (κ3) is 6.63. The first kappa shape index (κ1) is 26.1. The quantitative estimate of drug-likeness (QED) is 0.296. The highest BCUT2D eigenvalue weighted by Crippen LogP contribution is 2.34. The number of aliphatic hydroxyl groups is 1. The Hall–Kier alpha value is -3.95. The summed E-state index contributed by atoms with van der Waals surface area (Å²) >= 11 is 3.56. The lowest BCUT2D eigenvalue weighted by Crippen LogP contribution is -2.33. The first-order valence-electron chi connectivity index (χ1n) is 11.6. The summed E-state index contributed by atoms with van der Waals surface area (Å²) in [5, 5.41) is 20.2. The second-order valence-corrected chi connectivity index (χ2v) is 9.42. The molecular formula is C28H27BrN4O4. The number of aromatic hydroxyl groups is 1. The second kappa shape index (κ2) is 11.9. The van der Waals surface area contributed by atoms with Crippen molar-refractivity contribution in [2.24, 2.45) is 0 Å². The molecule has 0 bridgehead atoms. The molecule has 2 N–H and O–H groups in total. The van der Waals surface area contributed by atoms with Crippen LogP contribution in [0.25, 0.3) is 11.3 Å². The van der Waals surface area contributed by atoms with E-state index in [1.807, 2.05) is 66.5 Å². The topological polar surface area (TPSA) is 99.0 Å². The Balaban J connectivity index is 1.57. The molecule has 3 aromatic carbocycles. The molecule has 0 saturated carbocycles. The van der Waals surface area contributed by atoms with Crippen molar-refractivity contribution in [2.75, 3.05) is 25.5 Å². The van der Waals surface area contributed by atoms with E-state index in [9.17, 15) is 15.0 Å². The van der Waals surface area contributed by atoms with Gasteiger partial charge in [-0.05, 0) is 29.3 Å². The number of likely N-dealkylation sites (N-methyl/N-ethyl adjacent to an activating group) is 1. The van der Waals surface area contributed by atoms with E-state index >= 15 is 0 Å². The van der Waals surface area contributed by atoms with Crippen molar-refractivity contribution < 1.29 is 19.7 Å². The monoisotopic (exact) mass is 562 g/mol. The number of halogens is 1. The van der Waals surface area contributed by atoms with Crippen LogP contribution in [0.2, 0.25) is 0 Å². The van der Waals surface area contributed by atoms with Gasteiger partial charge in [-0.2, -0.15) is 0 Å². The Morgan fingerprint density at radius 3 is 2.49 bits per heavy atom. The van der Waals surface area contributed by atoms with Crippen molar-refractivity contribution >= 4 is 28.0 Å². The Kier molecular flexibility index (Phi) is 8.37. The van der Waals surface area contributed by atoms with E-state index in [-0.39, 0.29) is 18.0 Å². The van der Waals surface area contributed by atoms with Crippen LogP contribution in [0.1, 0.15) is 17.2 Å². The van der Waals surface area contributed by atoms with Gasteiger partial charge in [0.2, 0.25) is 5.95 Å². The summed E-state index contributed by atoms with van der Waals surface area (Å²) in [5.41, 5.74) is 2.79.